The predicted molar refractivity (Wildman–Crippen MR) is 84.3 cm³/mol. The van der Waals surface area contributed by atoms with Gasteiger partial charge in [-0.1, -0.05) is 13.8 Å². The first-order chi connectivity index (χ1) is 9.33. The molecule has 0 bridgehead atoms. The van der Waals surface area contributed by atoms with E-state index in [0.717, 1.165) is 5.69 Å². The summed E-state index contributed by atoms with van der Waals surface area (Å²) in [4.78, 5) is 7.01. The van der Waals surface area contributed by atoms with Crippen LogP contribution in [0, 0.1) is 13.8 Å². The van der Waals surface area contributed by atoms with Gasteiger partial charge in [0, 0.05) is 35.6 Å². The number of likely N-dealkylation sites (N-methyl/N-ethyl adjacent to an activating group) is 1. The molecule has 0 N–H and O–H groups in total. The van der Waals surface area contributed by atoms with Gasteiger partial charge >= 0.3 is 0 Å². The minimum Gasteiger partial charge on any atom is -0.348 e. The van der Waals surface area contributed by atoms with E-state index in [2.05, 4.69) is 64.8 Å². The summed E-state index contributed by atoms with van der Waals surface area (Å²) in [6, 6.07) is 0. The second-order valence-corrected chi connectivity index (χ2v) is 6.49. The first-order valence-electron chi connectivity index (χ1n) is 7.15. The summed E-state index contributed by atoms with van der Waals surface area (Å²) in [5, 5.41) is 0. The molecule has 0 aromatic carbocycles. The lowest BCUT2D eigenvalue weighted by molar-refractivity contribution is 0.512. The van der Waals surface area contributed by atoms with Crippen LogP contribution in [-0.2, 0) is 5.41 Å². The fourth-order valence-corrected chi connectivity index (χ4v) is 3.25. The highest BCUT2D eigenvalue weighted by molar-refractivity contribution is 5.85. The van der Waals surface area contributed by atoms with Crippen molar-refractivity contribution in [2.75, 3.05) is 7.05 Å². The third-order valence-electron chi connectivity index (χ3n) is 4.65. The zero-order chi connectivity index (χ0) is 14.7. The zero-order valence-electron chi connectivity index (χ0n) is 13.2. The average molecular weight is 266 g/mol. The number of allylic oxidation sites excluding steroid dienone is 5. The Hall–Kier alpha value is -1.83. The highest BCUT2D eigenvalue weighted by Gasteiger charge is 2.34. The van der Waals surface area contributed by atoms with Crippen LogP contribution in [0.2, 0.25) is 0 Å². The summed E-state index contributed by atoms with van der Waals surface area (Å²) in [5.41, 5.74) is 8.95. The molecule has 0 unspecified atom stereocenters. The van der Waals surface area contributed by atoms with Crippen molar-refractivity contribution < 1.29 is 0 Å². The van der Waals surface area contributed by atoms with Crippen molar-refractivity contribution in [3.63, 3.8) is 0 Å². The van der Waals surface area contributed by atoms with Gasteiger partial charge in [-0.25, -0.2) is 0 Å². The predicted octanol–water partition coefficient (Wildman–Crippen LogP) is 4.11. The third kappa shape index (κ3) is 1.67. The smallest absolute Gasteiger partial charge is 0.0766 e. The largest absolute Gasteiger partial charge is 0.348 e. The van der Waals surface area contributed by atoms with Crippen LogP contribution in [0.15, 0.2) is 35.8 Å². The highest BCUT2D eigenvalue weighted by Crippen LogP contribution is 2.44. The van der Waals surface area contributed by atoms with Crippen LogP contribution in [0.5, 0.6) is 0 Å². The molecule has 104 valence electrons. The molecule has 0 atom stereocenters. The molecular weight excluding hydrogens is 244 g/mol. The quantitative estimate of drug-likeness (QED) is 0.702. The van der Waals surface area contributed by atoms with E-state index >= 15 is 0 Å². The summed E-state index contributed by atoms with van der Waals surface area (Å²) in [6.07, 6.45) is 8.76. The van der Waals surface area contributed by atoms with Crippen molar-refractivity contribution in [2.45, 2.75) is 40.0 Å². The molecule has 1 aliphatic carbocycles. The molecular formula is C18H22N2. The Morgan fingerprint density at radius 3 is 2.50 bits per heavy atom. The van der Waals surface area contributed by atoms with Gasteiger partial charge in [0.1, 0.15) is 0 Å². The molecule has 2 heterocycles. The van der Waals surface area contributed by atoms with Gasteiger partial charge in [-0.2, -0.15) is 0 Å². The highest BCUT2D eigenvalue weighted by atomic mass is 15.1. The number of hydrogen-bond donors (Lipinski definition) is 0. The van der Waals surface area contributed by atoms with Gasteiger partial charge in [-0.05, 0) is 55.7 Å². The monoisotopic (exact) mass is 266 g/mol. The van der Waals surface area contributed by atoms with E-state index in [0.29, 0.717) is 0 Å². The molecule has 0 radical (unpaired) electrons. The average Bonchev–Trinajstić information content (AvgIpc) is 2.38. The van der Waals surface area contributed by atoms with Crippen molar-refractivity contribution in [1.29, 1.82) is 0 Å². The van der Waals surface area contributed by atoms with Crippen LogP contribution in [0.25, 0.3) is 5.57 Å². The number of fused-ring (bicyclic) bond motifs is 3. The Morgan fingerprint density at radius 1 is 1.10 bits per heavy atom. The molecule has 1 aromatic rings. The molecule has 1 aromatic heterocycles. The normalized spacial score (nSPS) is 19.7. The number of pyridine rings is 1. The maximum absolute atomic E-state index is 4.75. The standard InChI is InChI=1S/C18H22N2/c1-11-10-19-17-14-8-7-12(2)20(6)15(14)9-18(4,5)16(17)13(11)3/h7-10H,1-6H3. The van der Waals surface area contributed by atoms with Gasteiger partial charge < -0.3 is 4.90 Å². The molecule has 2 aliphatic rings. The van der Waals surface area contributed by atoms with Gasteiger partial charge in [0.15, 0.2) is 0 Å². The molecule has 2 nitrogen and oxygen atoms in total. The molecule has 0 saturated heterocycles. The number of rotatable bonds is 0. The Bertz CT molecular complexity index is 688. The molecule has 0 amide bonds. The summed E-state index contributed by atoms with van der Waals surface area (Å²) in [7, 11) is 2.13. The lowest BCUT2D eigenvalue weighted by Crippen LogP contribution is -2.30. The Kier molecular flexibility index (Phi) is 2.69. The topological polar surface area (TPSA) is 16.1 Å². The third-order valence-corrected chi connectivity index (χ3v) is 4.65. The second kappa shape index (κ2) is 4.08. The maximum Gasteiger partial charge on any atom is 0.0766 e. The van der Waals surface area contributed by atoms with Gasteiger partial charge in [0.05, 0.1) is 5.69 Å². The van der Waals surface area contributed by atoms with E-state index in [9.17, 15) is 0 Å². The molecule has 3 rings (SSSR count). The van der Waals surface area contributed by atoms with Crippen LogP contribution in [-0.4, -0.2) is 16.9 Å². The van der Waals surface area contributed by atoms with E-state index in [-0.39, 0.29) is 5.41 Å². The van der Waals surface area contributed by atoms with Crippen LogP contribution in [0.1, 0.15) is 43.2 Å². The van der Waals surface area contributed by atoms with Gasteiger partial charge in [-0.3, -0.25) is 4.98 Å². The van der Waals surface area contributed by atoms with Crippen LogP contribution in [0.3, 0.4) is 0 Å². The lowest BCUT2D eigenvalue weighted by atomic mass is 9.73. The minimum atomic E-state index is 0.0109. The fourth-order valence-electron chi connectivity index (χ4n) is 3.25. The van der Waals surface area contributed by atoms with Crippen LogP contribution < -0.4 is 0 Å². The second-order valence-electron chi connectivity index (χ2n) is 6.49. The number of aromatic nitrogens is 1. The molecule has 0 fully saturated rings. The van der Waals surface area contributed by atoms with E-state index < -0.39 is 0 Å². The van der Waals surface area contributed by atoms with Crippen molar-refractivity contribution >= 4 is 5.57 Å². The van der Waals surface area contributed by atoms with Crippen LogP contribution >= 0.6 is 0 Å². The number of aryl methyl sites for hydroxylation is 1. The van der Waals surface area contributed by atoms with E-state index in [1.165, 1.54) is 33.7 Å². The van der Waals surface area contributed by atoms with Crippen molar-refractivity contribution in [3.8, 4) is 0 Å². The Labute approximate surface area is 121 Å². The van der Waals surface area contributed by atoms with Crippen molar-refractivity contribution in [2.24, 2.45) is 0 Å². The lowest BCUT2D eigenvalue weighted by Gasteiger charge is -2.38. The molecule has 20 heavy (non-hydrogen) atoms. The van der Waals surface area contributed by atoms with E-state index in [4.69, 9.17) is 4.98 Å². The zero-order valence-corrected chi connectivity index (χ0v) is 13.2. The first-order valence-corrected chi connectivity index (χ1v) is 7.15. The molecule has 1 aliphatic heterocycles. The molecule has 0 saturated carbocycles. The summed E-state index contributed by atoms with van der Waals surface area (Å²) in [6.45, 7) is 11.1. The molecule has 0 spiro atoms. The van der Waals surface area contributed by atoms with E-state index in [1.807, 2.05) is 6.20 Å². The van der Waals surface area contributed by atoms with Gasteiger partial charge in [0.25, 0.3) is 0 Å². The number of hydrogen-bond acceptors (Lipinski definition) is 2. The minimum absolute atomic E-state index is 0.0109. The number of nitrogens with zero attached hydrogens (tertiary/aromatic N) is 2. The van der Waals surface area contributed by atoms with Crippen LogP contribution in [0.4, 0.5) is 0 Å². The summed E-state index contributed by atoms with van der Waals surface area (Å²) in [5.74, 6) is 0. The maximum atomic E-state index is 4.75. The summed E-state index contributed by atoms with van der Waals surface area (Å²) >= 11 is 0. The molecule has 2 heteroatoms. The first kappa shape index (κ1) is 13.2. The SMILES string of the molecule is CC1=CC=C2C(=CC(C)(C)c3c2ncc(C)c3C)N1C. The van der Waals surface area contributed by atoms with E-state index in [1.54, 1.807) is 0 Å². The van der Waals surface area contributed by atoms with Gasteiger partial charge in [0.2, 0.25) is 0 Å². The van der Waals surface area contributed by atoms with Crippen molar-refractivity contribution in [1.82, 2.24) is 9.88 Å². The fraction of sp³-hybridized carbons (Fsp3) is 0.389. The Morgan fingerprint density at radius 2 is 1.80 bits per heavy atom. The summed E-state index contributed by atoms with van der Waals surface area (Å²) < 4.78 is 0. The van der Waals surface area contributed by atoms with Gasteiger partial charge in [-0.15, -0.1) is 0 Å². The van der Waals surface area contributed by atoms with Crippen molar-refractivity contribution in [3.05, 3.63) is 58.2 Å². The Balaban J connectivity index is 2.34.